The molecule has 1 aliphatic carbocycles. The molecule has 2 amide bonds. The maximum absolute atomic E-state index is 13.7. The number of aliphatic imine (C=N–C) groups is 1. The summed E-state index contributed by atoms with van der Waals surface area (Å²) < 4.78 is 0. The van der Waals surface area contributed by atoms with E-state index in [-0.39, 0.29) is 11.8 Å². The molecule has 34 heavy (non-hydrogen) atoms. The van der Waals surface area contributed by atoms with E-state index in [0.717, 1.165) is 56.1 Å². The monoisotopic (exact) mass is 468 g/mol. The van der Waals surface area contributed by atoms with Gasteiger partial charge in [0.15, 0.2) is 5.96 Å². The van der Waals surface area contributed by atoms with Crippen molar-refractivity contribution in [2.45, 2.75) is 116 Å². The van der Waals surface area contributed by atoms with Crippen LogP contribution in [0.15, 0.2) is 29.3 Å². The van der Waals surface area contributed by atoms with E-state index in [1.165, 1.54) is 32.1 Å². The second kappa shape index (κ2) is 12.9. The molecule has 1 aromatic carbocycles. The van der Waals surface area contributed by atoms with E-state index in [0.29, 0.717) is 31.4 Å². The van der Waals surface area contributed by atoms with Crippen molar-refractivity contribution in [3.05, 3.63) is 35.4 Å². The van der Waals surface area contributed by atoms with Gasteiger partial charge in [-0.1, -0.05) is 95.9 Å². The fraction of sp³-hybridized carbons (Fsp3) is 0.679. The third-order valence-corrected chi connectivity index (χ3v) is 7.40. The van der Waals surface area contributed by atoms with E-state index in [4.69, 9.17) is 10.7 Å². The minimum Gasteiger partial charge on any atom is -0.369 e. The summed E-state index contributed by atoms with van der Waals surface area (Å²) in [5.74, 6) is 1.11. The van der Waals surface area contributed by atoms with Crippen LogP contribution in [-0.4, -0.2) is 28.2 Å². The summed E-state index contributed by atoms with van der Waals surface area (Å²) in [6, 6.07) is 8.07. The number of nitrogens with zero attached hydrogens (tertiary/aromatic N) is 2. The van der Waals surface area contributed by atoms with Crippen LogP contribution < -0.4 is 11.1 Å². The largest absolute Gasteiger partial charge is 0.369 e. The molecule has 1 fully saturated rings. The minimum absolute atomic E-state index is 0.0763. The fourth-order valence-electron chi connectivity index (χ4n) is 5.34. The number of guanidine groups is 1. The Labute approximate surface area is 205 Å². The third kappa shape index (κ3) is 7.07. The van der Waals surface area contributed by atoms with Crippen molar-refractivity contribution < 1.29 is 9.59 Å². The lowest BCUT2D eigenvalue weighted by atomic mass is 9.77. The van der Waals surface area contributed by atoms with Crippen LogP contribution in [0.4, 0.5) is 0 Å². The molecule has 0 radical (unpaired) electrons. The predicted molar refractivity (Wildman–Crippen MR) is 138 cm³/mol. The summed E-state index contributed by atoms with van der Waals surface area (Å²) in [4.78, 5) is 32.1. The molecule has 3 N–H and O–H groups in total. The van der Waals surface area contributed by atoms with Crippen molar-refractivity contribution in [3.63, 3.8) is 0 Å². The van der Waals surface area contributed by atoms with Crippen molar-refractivity contribution in [2.24, 2.45) is 16.6 Å². The van der Waals surface area contributed by atoms with Gasteiger partial charge in [0.05, 0.1) is 6.54 Å². The first-order valence-electron chi connectivity index (χ1n) is 13.5. The van der Waals surface area contributed by atoms with Crippen molar-refractivity contribution in [1.29, 1.82) is 0 Å². The highest BCUT2D eigenvalue weighted by Crippen LogP contribution is 2.39. The molecule has 1 unspecified atom stereocenters. The van der Waals surface area contributed by atoms with E-state index in [9.17, 15) is 9.59 Å². The predicted octanol–water partition coefficient (Wildman–Crippen LogP) is 5.44. The normalized spacial score (nSPS) is 21.1. The molecule has 1 aromatic rings. The summed E-state index contributed by atoms with van der Waals surface area (Å²) in [7, 11) is 0. The highest BCUT2D eigenvalue weighted by atomic mass is 16.2. The maximum Gasteiger partial charge on any atom is 0.257 e. The summed E-state index contributed by atoms with van der Waals surface area (Å²) >= 11 is 0. The lowest BCUT2D eigenvalue weighted by Gasteiger charge is -2.32. The van der Waals surface area contributed by atoms with E-state index in [1.54, 1.807) is 4.90 Å². The smallest absolute Gasteiger partial charge is 0.257 e. The van der Waals surface area contributed by atoms with Crippen LogP contribution in [0.2, 0.25) is 0 Å². The number of benzene rings is 1. The minimum atomic E-state index is -0.676. The molecule has 0 saturated heterocycles. The van der Waals surface area contributed by atoms with Crippen LogP contribution in [0.1, 0.15) is 108 Å². The number of amides is 2. The first kappa shape index (κ1) is 26.2. The third-order valence-electron chi connectivity index (χ3n) is 7.40. The lowest BCUT2D eigenvalue weighted by molar-refractivity contribution is -0.132. The van der Waals surface area contributed by atoms with E-state index < -0.39 is 5.54 Å². The summed E-state index contributed by atoms with van der Waals surface area (Å²) in [6.45, 7) is 5.26. The summed E-state index contributed by atoms with van der Waals surface area (Å²) in [6.07, 6.45) is 13.6. The Morgan fingerprint density at radius 3 is 2.41 bits per heavy atom. The average molecular weight is 469 g/mol. The molecular weight excluding hydrogens is 424 g/mol. The van der Waals surface area contributed by atoms with Gasteiger partial charge >= 0.3 is 0 Å². The molecule has 0 bridgehead atoms. The van der Waals surface area contributed by atoms with Gasteiger partial charge in [0.25, 0.3) is 5.91 Å². The van der Waals surface area contributed by atoms with Crippen molar-refractivity contribution in [1.82, 2.24) is 10.2 Å². The zero-order chi connectivity index (χ0) is 24.4. The Hall–Kier alpha value is -2.37. The van der Waals surface area contributed by atoms with Crippen LogP contribution in [-0.2, 0) is 22.7 Å². The molecule has 188 valence electrons. The molecule has 1 saturated carbocycles. The molecule has 6 heteroatoms. The van der Waals surface area contributed by atoms with Crippen molar-refractivity contribution in [2.75, 3.05) is 0 Å². The highest BCUT2D eigenvalue weighted by molar-refractivity contribution is 6.06. The second-order valence-electron chi connectivity index (χ2n) is 10.3. The number of nitrogens with one attached hydrogen (secondary N) is 1. The molecule has 6 nitrogen and oxygen atoms in total. The van der Waals surface area contributed by atoms with Crippen LogP contribution >= 0.6 is 0 Å². The molecule has 0 aromatic heterocycles. The Bertz CT molecular complexity index is 829. The number of hydrogen-bond acceptors (Lipinski definition) is 4. The Morgan fingerprint density at radius 1 is 1.06 bits per heavy atom. The van der Waals surface area contributed by atoms with Crippen molar-refractivity contribution >= 4 is 17.8 Å². The Morgan fingerprint density at radius 2 is 1.74 bits per heavy atom. The van der Waals surface area contributed by atoms with Gasteiger partial charge in [-0.15, -0.1) is 0 Å². The van der Waals surface area contributed by atoms with Gasteiger partial charge in [-0.3, -0.25) is 14.5 Å². The topological polar surface area (TPSA) is 87.8 Å². The number of nitrogens with two attached hydrogens (primary N) is 1. The first-order chi connectivity index (χ1) is 16.5. The average Bonchev–Trinajstić information content (AvgIpc) is 3.07. The summed E-state index contributed by atoms with van der Waals surface area (Å²) in [5, 5.41) is 2.99. The fourth-order valence-corrected chi connectivity index (χ4v) is 5.34. The Kier molecular flexibility index (Phi) is 9.97. The second-order valence-corrected chi connectivity index (χ2v) is 10.3. The maximum atomic E-state index is 13.7. The quantitative estimate of drug-likeness (QED) is 0.378. The molecule has 1 aliphatic heterocycles. The van der Waals surface area contributed by atoms with E-state index >= 15 is 0 Å². The molecule has 2 aliphatic rings. The van der Waals surface area contributed by atoms with Gasteiger partial charge in [0, 0.05) is 13.0 Å². The van der Waals surface area contributed by atoms with Gasteiger partial charge < -0.3 is 11.1 Å². The molecular formula is C28H44N4O2. The van der Waals surface area contributed by atoms with Crippen LogP contribution in [0.5, 0.6) is 0 Å². The number of unbranched alkanes of at least 4 members (excludes halogenated alkanes) is 3. The standard InChI is InChI=1S/C28H44N4O2/c1-3-5-8-13-25(33)30-20-23-14-16-24(17-15-23)21-32-26(34)28(18-6-4-2,31-27(32)29)19-22-11-9-7-10-12-22/h14-17,22H,3-13,18-21H2,1-2H3,(H2,29,31)(H,30,33). The Balaban J connectivity index is 1.59. The van der Waals surface area contributed by atoms with E-state index in [1.807, 2.05) is 24.3 Å². The molecule has 0 spiro atoms. The van der Waals surface area contributed by atoms with Crippen molar-refractivity contribution in [3.8, 4) is 0 Å². The van der Waals surface area contributed by atoms with Gasteiger partial charge in [0.2, 0.25) is 5.91 Å². The van der Waals surface area contributed by atoms with Gasteiger partial charge in [-0.2, -0.15) is 0 Å². The van der Waals surface area contributed by atoms with Gasteiger partial charge in [-0.05, 0) is 36.3 Å². The van der Waals surface area contributed by atoms with Gasteiger partial charge in [0.1, 0.15) is 5.54 Å². The number of hydrogen-bond donors (Lipinski definition) is 2. The van der Waals surface area contributed by atoms with Crippen LogP contribution in [0.3, 0.4) is 0 Å². The molecule has 1 heterocycles. The SMILES string of the molecule is CCCCCC(=O)NCc1ccc(CN2C(=O)C(CCCC)(CC3CCCCC3)N=C2N)cc1. The zero-order valence-electron chi connectivity index (χ0n) is 21.3. The lowest BCUT2D eigenvalue weighted by Crippen LogP contribution is -2.45. The molecule has 3 rings (SSSR count). The zero-order valence-corrected chi connectivity index (χ0v) is 21.3. The number of rotatable bonds is 13. The number of carbonyl (C=O) groups is 2. The highest BCUT2D eigenvalue weighted by Gasteiger charge is 2.48. The summed E-state index contributed by atoms with van der Waals surface area (Å²) in [5.41, 5.74) is 7.74. The van der Waals surface area contributed by atoms with Gasteiger partial charge in [-0.25, -0.2) is 4.99 Å². The molecule has 1 atom stereocenters. The number of carbonyl (C=O) groups excluding carboxylic acids is 2. The van der Waals surface area contributed by atoms with Crippen LogP contribution in [0.25, 0.3) is 0 Å². The first-order valence-corrected chi connectivity index (χ1v) is 13.5. The van der Waals surface area contributed by atoms with E-state index in [2.05, 4.69) is 19.2 Å². The van der Waals surface area contributed by atoms with Crippen LogP contribution in [0, 0.1) is 5.92 Å².